The van der Waals surface area contributed by atoms with Gasteiger partial charge in [-0.25, -0.2) is 0 Å². The van der Waals surface area contributed by atoms with Crippen molar-refractivity contribution in [1.29, 1.82) is 0 Å². The molecule has 0 aromatic heterocycles. The molecular weight excluding hydrogens is 138 g/mol. The topological polar surface area (TPSA) is 20.3 Å². The number of β-lactam (4-membered cyclic amide) rings is 1. The van der Waals surface area contributed by atoms with Gasteiger partial charge in [-0.15, -0.1) is 0 Å². The van der Waals surface area contributed by atoms with E-state index in [4.69, 9.17) is 0 Å². The monoisotopic (exact) mass is 157 g/mol. The van der Waals surface area contributed by atoms with Gasteiger partial charge >= 0.3 is 0 Å². The Bertz CT molecular complexity index is 138. The van der Waals surface area contributed by atoms with Gasteiger partial charge in [-0.3, -0.25) is 4.79 Å². The van der Waals surface area contributed by atoms with E-state index < -0.39 is 0 Å². The molecule has 0 radical (unpaired) electrons. The summed E-state index contributed by atoms with van der Waals surface area (Å²) in [6.07, 6.45) is 0. The van der Waals surface area contributed by atoms with Crippen LogP contribution in [0.3, 0.4) is 0 Å². The standard InChI is InChI=1S/C7H13NO.C2H6/c1-5-6(9)8(4)7(5,2)3;1-2/h5H,1-4H3;1-2H3. The van der Waals surface area contributed by atoms with Crippen LogP contribution in [0.5, 0.6) is 0 Å². The van der Waals surface area contributed by atoms with E-state index in [9.17, 15) is 4.79 Å². The fourth-order valence-electron chi connectivity index (χ4n) is 1.10. The van der Waals surface area contributed by atoms with E-state index in [-0.39, 0.29) is 17.4 Å². The van der Waals surface area contributed by atoms with Crippen LogP contribution in [0.4, 0.5) is 0 Å². The summed E-state index contributed by atoms with van der Waals surface area (Å²) in [5, 5.41) is 0. The number of nitrogens with zero attached hydrogens (tertiary/aromatic N) is 1. The Balaban J connectivity index is 0.000000461. The first-order chi connectivity index (χ1) is 4.98. The van der Waals surface area contributed by atoms with Gasteiger partial charge in [0, 0.05) is 12.6 Å². The molecule has 1 fully saturated rings. The minimum atomic E-state index is 0.0943. The van der Waals surface area contributed by atoms with Crippen molar-refractivity contribution in [3.05, 3.63) is 0 Å². The van der Waals surface area contributed by atoms with Crippen LogP contribution in [0.1, 0.15) is 34.6 Å². The number of likely N-dealkylation sites (tertiary alicyclic amines) is 1. The molecule has 1 rings (SSSR count). The summed E-state index contributed by atoms with van der Waals surface area (Å²) in [6.45, 7) is 10.1. The molecule has 1 unspecified atom stereocenters. The lowest BCUT2D eigenvalue weighted by Gasteiger charge is -2.50. The largest absolute Gasteiger partial charge is 0.340 e. The average molecular weight is 157 g/mol. The highest BCUT2D eigenvalue weighted by atomic mass is 16.2. The van der Waals surface area contributed by atoms with Gasteiger partial charge in [0.05, 0.1) is 5.92 Å². The van der Waals surface area contributed by atoms with E-state index in [0.29, 0.717) is 0 Å². The molecule has 0 N–H and O–H groups in total. The zero-order chi connectivity index (χ0) is 9.23. The molecule has 0 bridgehead atoms. The number of carbonyl (C=O) groups excluding carboxylic acids is 1. The molecule has 2 heteroatoms. The molecule has 0 aromatic carbocycles. The summed E-state index contributed by atoms with van der Waals surface area (Å²) in [5.41, 5.74) is 0.0943. The van der Waals surface area contributed by atoms with Crippen molar-refractivity contribution in [1.82, 2.24) is 4.90 Å². The van der Waals surface area contributed by atoms with Crippen LogP contribution in [-0.2, 0) is 4.79 Å². The van der Waals surface area contributed by atoms with Crippen LogP contribution in [0, 0.1) is 5.92 Å². The van der Waals surface area contributed by atoms with Gasteiger partial charge in [-0.05, 0) is 13.8 Å². The maximum absolute atomic E-state index is 10.9. The summed E-state index contributed by atoms with van der Waals surface area (Å²) in [5.74, 6) is 0.475. The van der Waals surface area contributed by atoms with Crippen LogP contribution >= 0.6 is 0 Å². The number of amides is 1. The molecule has 0 spiro atoms. The summed E-state index contributed by atoms with van der Waals surface area (Å²) in [6, 6.07) is 0. The minimum Gasteiger partial charge on any atom is -0.340 e. The molecule has 0 aromatic rings. The van der Waals surface area contributed by atoms with Gasteiger partial charge in [-0.2, -0.15) is 0 Å². The predicted molar refractivity (Wildman–Crippen MR) is 47.4 cm³/mol. The van der Waals surface area contributed by atoms with Crippen molar-refractivity contribution in [2.75, 3.05) is 7.05 Å². The molecule has 2 nitrogen and oxygen atoms in total. The Kier molecular flexibility index (Phi) is 3.09. The molecule has 1 aliphatic rings. The van der Waals surface area contributed by atoms with Crippen molar-refractivity contribution in [3.63, 3.8) is 0 Å². The number of hydrogen-bond acceptors (Lipinski definition) is 1. The first-order valence-corrected chi connectivity index (χ1v) is 4.25. The van der Waals surface area contributed by atoms with E-state index in [2.05, 4.69) is 13.8 Å². The lowest BCUT2D eigenvalue weighted by molar-refractivity contribution is -0.161. The third-order valence-electron chi connectivity index (χ3n) is 2.63. The Morgan fingerprint density at radius 3 is 1.82 bits per heavy atom. The third kappa shape index (κ3) is 1.39. The molecule has 11 heavy (non-hydrogen) atoms. The van der Waals surface area contributed by atoms with E-state index in [0.717, 1.165) is 0 Å². The lowest BCUT2D eigenvalue weighted by Crippen LogP contribution is -2.64. The van der Waals surface area contributed by atoms with Crippen molar-refractivity contribution in [2.24, 2.45) is 5.92 Å². The number of rotatable bonds is 0. The molecule has 66 valence electrons. The SMILES string of the molecule is CC.CC1C(=O)N(C)C1(C)C. The van der Waals surface area contributed by atoms with Gasteiger partial charge < -0.3 is 4.90 Å². The highest BCUT2D eigenvalue weighted by molar-refractivity contribution is 5.86. The molecular formula is C9H19NO. The van der Waals surface area contributed by atoms with Gasteiger partial charge in [0.25, 0.3) is 0 Å². The van der Waals surface area contributed by atoms with Crippen molar-refractivity contribution >= 4 is 5.91 Å². The molecule has 1 heterocycles. The maximum atomic E-state index is 10.9. The molecule has 1 aliphatic heterocycles. The van der Waals surface area contributed by atoms with E-state index >= 15 is 0 Å². The minimum absolute atomic E-state index is 0.0943. The second kappa shape index (κ2) is 3.24. The third-order valence-corrected chi connectivity index (χ3v) is 2.63. The maximum Gasteiger partial charge on any atom is 0.227 e. The highest BCUT2D eigenvalue weighted by Gasteiger charge is 2.48. The molecule has 1 saturated heterocycles. The molecule has 1 atom stereocenters. The van der Waals surface area contributed by atoms with Crippen LogP contribution in [0.2, 0.25) is 0 Å². The zero-order valence-electron chi connectivity index (χ0n) is 8.43. The van der Waals surface area contributed by atoms with Crippen LogP contribution < -0.4 is 0 Å². The van der Waals surface area contributed by atoms with Gasteiger partial charge in [0.2, 0.25) is 5.91 Å². The van der Waals surface area contributed by atoms with Crippen molar-refractivity contribution in [3.8, 4) is 0 Å². The predicted octanol–water partition coefficient (Wildman–Crippen LogP) is 1.90. The summed E-state index contributed by atoms with van der Waals surface area (Å²) in [4.78, 5) is 12.7. The quantitative estimate of drug-likeness (QED) is 0.492. The first kappa shape index (κ1) is 10.5. The summed E-state index contributed by atoms with van der Waals surface area (Å²) >= 11 is 0. The first-order valence-electron chi connectivity index (χ1n) is 4.25. The van der Waals surface area contributed by atoms with Crippen LogP contribution in [0.15, 0.2) is 0 Å². The number of hydrogen-bond donors (Lipinski definition) is 0. The van der Waals surface area contributed by atoms with Crippen LogP contribution in [-0.4, -0.2) is 23.4 Å². The van der Waals surface area contributed by atoms with Crippen molar-refractivity contribution in [2.45, 2.75) is 40.2 Å². The Morgan fingerprint density at radius 2 is 1.73 bits per heavy atom. The Labute approximate surface area is 69.6 Å². The normalized spacial score (nSPS) is 26.9. The van der Waals surface area contributed by atoms with E-state index in [1.165, 1.54) is 0 Å². The smallest absolute Gasteiger partial charge is 0.227 e. The summed E-state index contributed by atoms with van der Waals surface area (Å²) < 4.78 is 0. The Hall–Kier alpha value is -0.530. The van der Waals surface area contributed by atoms with Gasteiger partial charge in [-0.1, -0.05) is 20.8 Å². The highest BCUT2D eigenvalue weighted by Crippen LogP contribution is 2.34. The lowest BCUT2D eigenvalue weighted by atomic mass is 9.78. The second-order valence-corrected chi connectivity index (χ2v) is 3.27. The Morgan fingerprint density at radius 1 is 1.36 bits per heavy atom. The van der Waals surface area contributed by atoms with Crippen molar-refractivity contribution < 1.29 is 4.79 Å². The molecule has 1 amide bonds. The fraction of sp³-hybridized carbons (Fsp3) is 0.889. The second-order valence-electron chi connectivity index (χ2n) is 3.27. The fourth-order valence-corrected chi connectivity index (χ4v) is 1.10. The van der Waals surface area contributed by atoms with Gasteiger partial charge in [0.1, 0.15) is 0 Å². The van der Waals surface area contributed by atoms with Gasteiger partial charge in [0.15, 0.2) is 0 Å². The molecule has 0 aliphatic carbocycles. The number of carbonyl (C=O) groups is 1. The van der Waals surface area contributed by atoms with E-state index in [1.807, 2.05) is 27.8 Å². The zero-order valence-corrected chi connectivity index (χ0v) is 8.43. The average Bonchev–Trinajstić information content (AvgIpc) is 2.05. The molecule has 0 saturated carbocycles. The summed E-state index contributed by atoms with van der Waals surface area (Å²) in [7, 11) is 1.85. The van der Waals surface area contributed by atoms with Crippen LogP contribution in [0.25, 0.3) is 0 Å². The van der Waals surface area contributed by atoms with E-state index in [1.54, 1.807) is 4.90 Å².